The summed E-state index contributed by atoms with van der Waals surface area (Å²) in [6.45, 7) is 15.4. The van der Waals surface area contributed by atoms with Gasteiger partial charge < -0.3 is 14.2 Å². The van der Waals surface area contributed by atoms with Gasteiger partial charge in [-0.1, -0.05) is 0 Å². The van der Waals surface area contributed by atoms with Crippen molar-refractivity contribution < 1.29 is 23.8 Å². The van der Waals surface area contributed by atoms with E-state index < -0.39 is 23.4 Å². The van der Waals surface area contributed by atoms with E-state index in [1.54, 1.807) is 48.7 Å². The molecule has 1 saturated heterocycles. The molecule has 0 aromatic heterocycles. The number of ether oxygens (including phenoxy) is 3. The summed E-state index contributed by atoms with van der Waals surface area (Å²) in [4.78, 5) is 33.4. The highest BCUT2D eigenvalue weighted by Crippen LogP contribution is 2.29. The number of rotatable bonds is 2. The van der Waals surface area contributed by atoms with Crippen molar-refractivity contribution in [3.05, 3.63) is 23.3 Å². The van der Waals surface area contributed by atoms with Crippen LogP contribution in [-0.2, 0) is 9.47 Å². The minimum atomic E-state index is -0.678. The van der Waals surface area contributed by atoms with E-state index in [2.05, 4.69) is 0 Å². The summed E-state index contributed by atoms with van der Waals surface area (Å²) in [5, 5.41) is 0. The highest BCUT2D eigenvalue weighted by atomic mass is 16.6. The Labute approximate surface area is 185 Å². The summed E-state index contributed by atoms with van der Waals surface area (Å²) in [5.74, 6) is 0.945. The van der Waals surface area contributed by atoms with Crippen molar-refractivity contribution in [2.75, 3.05) is 20.2 Å². The van der Waals surface area contributed by atoms with Crippen LogP contribution in [0.15, 0.2) is 17.1 Å². The first-order valence-electron chi connectivity index (χ1n) is 10.5. The molecule has 2 rings (SSSR count). The van der Waals surface area contributed by atoms with E-state index in [1.807, 2.05) is 26.0 Å². The summed E-state index contributed by atoms with van der Waals surface area (Å²) >= 11 is 0. The number of hydrogen-bond donors (Lipinski definition) is 0. The second kappa shape index (κ2) is 9.16. The number of benzene rings is 1. The lowest BCUT2D eigenvalue weighted by atomic mass is 10.1. The number of aliphatic imine (C=N–C) groups is 1. The molecule has 0 bridgehead atoms. The molecular weight excluding hydrogens is 398 g/mol. The third-order valence-electron chi connectivity index (χ3n) is 4.41. The molecule has 1 aromatic carbocycles. The molecule has 0 atom stereocenters. The Morgan fingerprint density at radius 2 is 1.35 bits per heavy atom. The molecule has 8 nitrogen and oxygen atoms in total. The first-order valence-corrected chi connectivity index (χ1v) is 10.5. The Kier molecular flexibility index (Phi) is 7.24. The second-order valence-corrected chi connectivity index (χ2v) is 9.64. The van der Waals surface area contributed by atoms with E-state index >= 15 is 0 Å². The molecule has 0 saturated carbocycles. The zero-order valence-corrected chi connectivity index (χ0v) is 20.2. The number of methoxy groups -OCH3 is 1. The number of nitrogens with zero attached hydrogens (tertiary/aromatic N) is 3. The molecule has 0 spiro atoms. The molecule has 0 unspecified atom stereocenters. The minimum absolute atomic E-state index is 0.197. The molecule has 1 aliphatic rings. The molecule has 1 fully saturated rings. The maximum Gasteiger partial charge on any atom is 0.417 e. The van der Waals surface area contributed by atoms with Crippen LogP contribution >= 0.6 is 0 Å². The van der Waals surface area contributed by atoms with Gasteiger partial charge in [-0.05, 0) is 85.1 Å². The molecule has 0 radical (unpaired) electrons. The third kappa shape index (κ3) is 6.60. The average molecular weight is 434 g/mol. The van der Waals surface area contributed by atoms with Gasteiger partial charge in [0.05, 0.1) is 12.8 Å². The summed E-state index contributed by atoms with van der Waals surface area (Å²) in [6.07, 6.45) is -0.525. The lowest BCUT2D eigenvalue weighted by Crippen LogP contribution is -2.56. The molecular formula is C23H35N3O5. The smallest absolute Gasteiger partial charge is 0.417 e. The van der Waals surface area contributed by atoms with E-state index in [1.165, 1.54) is 9.80 Å². The van der Waals surface area contributed by atoms with Crippen LogP contribution in [0.25, 0.3) is 0 Å². The maximum atomic E-state index is 12.9. The van der Waals surface area contributed by atoms with Gasteiger partial charge in [0.15, 0.2) is 0 Å². The van der Waals surface area contributed by atoms with Crippen LogP contribution in [0.3, 0.4) is 0 Å². The molecule has 1 aromatic rings. The van der Waals surface area contributed by atoms with Crippen molar-refractivity contribution >= 4 is 23.8 Å². The summed E-state index contributed by atoms with van der Waals surface area (Å²) in [6, 6.07) is 3.75. The normalized spacial score (nSPS) is 14.9. The zero-order chi connectivity index (χ0) is 23.6. The minimum Gasteiger partial charge on any atom is -0.496 e. The van der Waals surface area contributed by atoms with Gasteiger partial charge in [-0.3, -0.25) is 0 Å². The molecule has 8 heteroatoms. The topological polar surface area (TPSA) is 80.7 Å². The van der Waals surface area contributed by atoms with Crippen LogP contribution in [0.4, 0.5) is 15.3 Å². The Balaban J connectivity index is 2.54. The lowest BCUT2D eigenvalue weighted by molar-refractivity contribution is 0.0225. The fraction of sp³-hybridized carbons (Fsp3) is 0.609. The summed E-state index contributed by atoms with van der Waals surface area (Å²) < 4.78 is 16.5. The molecule has 31 heavy (non-hydrogen) atoms. The van der Waals surface area contributed by atoms with Crippen LogP contribution in [0.5, 0.6) is 5.75 Å². The number of carbonyl (C=O) groups excluding carboxylic acids is 2. The van der Waals surface area contributed by atoms with Crippen LogP contribution < -0.4 is 4.74 Å². The highest BCUT2D eigenvalue weighted by molar-refractivity contribution is 6.03. The van der Waals surface area contributed by atoms with E-state index in [0.29, 0.717) is 25.2 Å². The molecule has 172 valence electrons. The Bertz CT molecular complexity index is 827. The first-order chi connectivity index (χ1) is 14.2. The number of guanidine groups is 1. The van der Waals surface area contributed by atoms with Crippen LogP contribution in [0.2, 0.25) is 0 Å². The Morgan fingerprint density at radius 3 is 1.77 bits per heavy atom. The second-order valence-electron chi connectivity index (χ2n) is 9.64. The van der Waals surface area contributed by atoms with E-state index in [9.17, 15) is 9.59 Å². The van der Waals surface area contributed by atoms with Gasteiger partial charge in [0, 0.05) is 13.1 Å². The summed E-state index contributed by atoms with van der Waals surface area (Å²) in [5.41, 5.74) is 1.04. The van der Waals surface area contributed by atoms with Gasteiger partial charge in [0.1, 0.15) is 17.0 Å². The van der Waals surface area contributed by atoms with Gasteiger partial charge in [-0.25, -0.2) is 24.4 Å². The molecule has 0 N–H and O–H groups in total. The highest BCUT2D eigenvalue weighted by Gasteiger charge is 2.37. The maximum absolute atomic E-state index is 12.9. The Hall–Kier alpha value is -2.77. The van der Waals surface area contributed by atoms with E-state index in [0.717, 1.165) is 16.9 Å². The fourth-order valence-electron chi connectivity index (χ4n) is 3.06. The van der Waals surface area contributed by atoms with Crippen LogP contribution in [0.1, 0.15) is 59.1 Å². The number of aryl methyl sites for hydroxylation is 2. The van der Waals surface area contributed by atoms with Crippen molar-refractivity contribution in [1.82, 2.24) is 9.80 Å². The van der Waals surface area contributed by atoms with Gasteiger partial charge in [0.2, 0.25) is 5.96 Å². The quantitative estimate of drug-likeness (QED) is 0.642. The number of carbonyl (C=O) groups is 2. The van der Waals surface area contributed by atoms with Crippen molar-refractivity contribution in [1.29, 1.82) is 0 Å². The monoisotopic (exact) mass is 433 g/mol. The van der Waals surface area contributed by atoms with E-state index in [4.69, 9.17) is 19.2 Å². The van der Waals surface area contributed by atoms with Gasteiger partial charge in [0.25, 0.3) is 0 Å². The van der Waals surface area contributed by atoms with Crippen LogP contribution in [0, 0.1) is 13.8 Å². The third-order valence-corrected chi connectivity index (χ3v) is 4.41. The molecule has 1 heterocycles. The SMILES string of the molecule is COc1cc(C)c(N=C2N(C(=O)OC(C)(C)C)CCCN2C(=O)OC(C)(C)C)cc1C. The Morgan fingerprint density at radius 1 is 0.871 bits per heavy atom. The molecule has 0 aliphatic carbocycles. The zero-order valence-electron chi connectivity index (χ0n) is 20.2. The first kappa shape index (κ1) is 24.5. The molecule has 2 amide bonds. The van der Waals surface area contributed by atoms with Crippen molar-refractivity contribution in [3.8, 4) is 5.75 Å². The number of amides is 2. The summed E-state index contributed by atoms with van der Waals surface area (Å²) in [7, 11) is 1.61. The predicted octanol–water partition coefficient (Wildman–Crippen LogP) is 5.18. The predicted molar refractivity (Wildman–Crippen MR) is 120 cm³/mol. The molecule has 1 aliphatic heterocycles. The van der Waals surface area contributed by atoms with E-state index in [-0.39, 0.29) is 5.96 Å². The lowest BCUT2D eigenvalue weighted by Gasteiger charge is -2.37. The largest absolute Gasteiger partial charge is 0.496 e. The van der Waals surface area contributed by atoms with Gasteiger partial charge >= 0.3 is 12.2 Å². The van der Waals surface area contributed by atoms with Crippen molar-refractivity contribution in [2.45, 2.75) is 73.0 Å². The van der Waals surface area contributed by atoms with Crippen molar-refractivity contribution in [3.63, 3.8) is 0 Å². The van der Waals surface area contributed by atoms with Crippen LogP contribution in [-0.4, -0.2) is 59.3 Å². The standard InChI is InChI=1S/C23H35N3O5/c1-15-14-18(29-9)16(2)13-17(15)24-19-25(20(27)30-22(3,4)5)11-10-12-26(19)21(28)31-23(6,7)8/h13-14H,10-12H2,1-9H3. The van der Waals surface area contributed by atoms with Gasteiger partial charge in [-0.2, -0.15) is 0 Å². The fourth-order valence-corrected chi connectivity index (χ4v) is 3.06. The van der Waals surface area contributed by atoms with Gasteiger partial charge in [-0.15, -0.1) is 0 Å². The average Bonchev–Trinajstić information content (AvgIpc) is 2.61. The number of hydrogen-bond acceptors (Lipinski definition) is 6. The van der Waals surface area contributed by atoms with Crippen molar-refractivity contribution in [2.24, 2.45) is 4.99 Å².